The van der Waals surface area contributed by atoms with Gasteiger partial charge in [0.2, 0.25) is 5.95 Å². The molecule has 160 valence electrons. The van der Waals surface area contributed by atoms with Gasteiger partial charge in [-0.15, -0.1) is 0 Å². The zero-order chi connectivity index (χ0) is 21.3. The number of nitrogens with zero attached hydrogens (tertiary/aromatic N) is 5. The average Bonchev–Trinajstić information content (AvgIpc) is 3.12. The van der Waals surface area contributed by atoms with E-state index in [1.807, 2.05) is 25.4 Å². The molecule has 4 rings (SSSR count). The third-order valence-electron chi connectivity index (χ3n) is 5.53. The molecule has 0 radical (unpaired) electrons. The Labute approximate surface area is 190 Å². The molecular weight excluding hydrogens is 493 g/mol. The minimum absolute atomic E-state index is 0.384. The Kier molecular flexibility index (Phi) is 6.28. The van der Waals surface area contributed by atoms with Crippen LogP contribution in [-0.4, -0.2) is 56.9 Å². The summed E-state index contributed by atoms with van der Waals surface area (Å²) in [6, 6.07) is 5.04. The lowest BCUT2D eigenvalue weighted by Gasteiger charge is -2.35. The van der Waals surface area contributed by atoms with E-state index in [2.05, 4.69) is 57.1 Å². The first kappa shape index (κ1) is 21.1. The Morgan fingerprint density at radius 2 is 1.97 bits per heavy atom. The van der Waals surface area contributed by atoms with Crippen molar-refractivity contribution in [1.82, 2.24) is 24.6 Å². The second-order valence-corrected chi connectivity index (χ2v) is 9.14. The number of nitrogens with one attached hydrogen (secondary N) is 2. The van der Waals surface area contributed by atoms with Crippen molar-refractivity contribution in [2.45, 2.75) is 38.8 Å². The van der Waals surface area contributed by atoms with Gasteiger partial charge in [0, 0.05) is 43.8 Å². The Hall–Kier alpha value is -2.14. The summed E-state index contributed by atoms with van der Waals surface area (Å²) in [6.45, 7) is 6.71. The highest BCUT2D eigenvalue weighted by Gasteiger charge is 2.22. The monoisotopic (exact) mass is 521 g/mol. The highest BCUT2D eigenvalue weighted by Crippen LogP contribution is 2.32. The first-order chi connectivity index (χ1) is 14.4. The lowest BCUT2D eigenvalue weighted by Crippen LogP contribution is -2.42. The number of aromatic nitrogens is 4. The number of halogens is 1. The molecule has 8 nitrogen and oxygen atoms in total. The van der Waals surface area contributed by atoms with Crippen LogP contribution in [0.1, 0.15) is 26.7 Å². The second kappa shape index (κ2) is 8.93. The van der Waals surface area contributed by atoms with Gasteiger partial charge in [-0.1, -0.05) is 0 Å². The summed E-state index contributed by atoms with van der Waals surface area (Å²) >= 11 is 2.28. The molecule has 0 atom stereocenters. The van der Waals surface area contributed by atoms with E-state index in [1.165, 1.54) is 0 Å². The maximum Gasteiger partial charge on any atom is 0.229 e. The summed E-state index contributed by atoms with van der Waals surface area (Å²) in [6.07, 6.45) is 5.85. The van der Waals surface area contributed by atoms with Crippen LogP contribution in [0.5, 0.6) is 5.75 Å². The van der Waals surface area contributed by atoms with E-state index in [0.717, 1.165) is 57.7 Å². The largest absolute Gasteiger partial charge is 0.496 e. The zero-order valence-electron chi connectivity index (χ0n) is 17.8. The van der Waals surface area contributed by atoms with E-state index in [0.29, 0.717) is 18.0 Å². The normalized spacial score (nSPS) is 15.7. The summed E-state index contributed by atoms with van der Waals surface area (Å²) in [7, 11) is 3.58. The molecule has 0 amide bonds. The maximum atomic E-state index is 5.54. The number of benzene rings is 1. The molecule has 1 aliphatic heterocycles. The van der Waals surface area contributed by atoms with E-state index >= 15 is 0 Å². The fourth-order valence-electron chi connectivity index (χ4n) is 3.82. The molecule has 1 aliphatic rings. The lowest BCUT2D eigenvalue weighted by atomic mass is 10.0. The molecule has 2 aromatic heterocycles. The van der Waals surface area contributed by atoms with Crippen molar-refractivity contribution in [2.75, 3.05) is 30.8 Å². The topological polar surface area (TPSA) is 80.1 Å². The van der Waals surface area contributed by atoms with Crippen LogP contribution in [0, 0.1) is 3.57 Å². The van der Waals surface area contributed by atoms with Gasteiger partial charge in [0.1, 0.15) is 11.6 Å². The smallest absolute Gasteiger partial charge is 0.229 e. The standard InChI is InChI=1S/C21H28IN7O/c1-13(2)29-7-5-14(6-8-29)24-20-16-9-19(30-4)17(22)10-18(16)26-21(27-20)25-15-11-23-28(3)12-15/h9-14H,5-8H2,1-4H3,(H2,24,25,26,27). The molecule has 1 saturated heterocycles. The molecule has 0 bridgehead atoms. The van der Waals surface area contributed by atoms with Crippen molar-refractivity contribution in [3.05, 3.63) is 28.1 Å². The van der Waals surface area contributed by atoms with E-state index < -0.39 is 0 Å². The maximum absolute atomic E-state index is 5.54. The molecule has 0 saturated carbocycles. The SMILES string of the molecule is COc1cc2c(NC3CCN(C(C)C)CC3)nc(Nc3cnn(C)c3)nc2cc1I. The summed E-state index contributed by atoms with van der Waals surface area (Å²) < 4.78 is 8.31. The molecule has 1 aromatic carbocycles. The van der Waals surface area contributed by atoms with Crippen molar-refractivity contribution in [3.8, 4) is 5.75 Å². The number of likely N-dealkylation sites (tertiary alicyclic amines) is 1. The van der Waals surface area contributed by atoms with Crippen LogP contribution < -0.4 is 15.4 Å². The Morgan fingerprint density at radius 3 is 2.60 bits per heavy atom. The third kappa shape index (κ3) is 4.61. The minimum atomic E-state index is 0.384. The van der Waals surface area contributed by atoms with E-state index in [9.17, 15) is 0 Å². The van der Waals surface area contributed by atoms with Gasteiger partial charge in [-0.2, -0.15) is 10.1 Å². The molecule has 30 heavy (non-hydrogen) atoms. The van der Waals surface area contributed by atoms with Crippen molar-refractivity contribution < 1.29 is 4.74 Å². The first-order valence-corrected chi connectivity index (χ1v) is 11.3. The highest BCUT2D eigenvalue weighted by atomic mass is 127. The first-order valence-electron chi connectivity index (χ1n) is 10.2. The van der Waals surface area contributed by atoms with Crippen LogP contribution in [0.3, 0.4) is 0 Å². The summed E-state index contributed by atoms with van der Waals surface area (Å²) in [4.78, 5) is 12.1. The summed E-state index contributed by atoms with van der Waals surface area (Å²) in [5.41, 5.74) is 1.74. The average molecular weight is 521 g/mol. The second-order valence-electron chi connectivity index (χ2n) is 7.98. The summed E-state index contributed by atoms with van der Waals surface area (Å²) in [5.74, 6) is 2.22. The Balaban J connectivity index is 1.66. The van der Waals surface area contributed by atoms with Gasteiger partial charge in [-0.3, -0.25) is 4.68 Å². The number of piperidine rings is 1. The molecule has 3 heterocycles. The number of fused-ring (bicyclic) bond motifs is 1. The molecule has 0 unspecified atom stereocenters. The van der Waals surface area contributed by atoms with Crippen molar-refractivity contribution in [1.29, 1.82) is 0 Å². The molecule has 2 N–H and O–H groups in total. The van der Waals surface area contributed by atoms with Gasteiger partial charge in [0.15, 0.2) is 0 Å². The van der Waals surface area contributed by atoms with Crippen LogP contribution in [0.4, 0.5) is 17.5 Å². The van der Waals surface area contributed by atoms with Crippen molar-refractivity contribution in [2.24, 2.45) is 7.05 Å². The lowest BCUT2D eigenvalue weighted by molar-refractivity contribution is 0.177. The molecular formula is C21H28IN7O. The van der Waals surface area contributed by atoms with Crippen LogP contribution in [0.15, 0.2) is 24.5 Å². The van der Waals surface area contributed by atoms with Crippen LogP contribution in [-0.2, 0) is 7.05 Å². The van der Waals surface area contributed by atoms with Gasteiger partial charge < -0.3 is 20.3 Å². The van der Waals surface area contributed by atoms with Crippen LogP contribution in [0.2, 0.25) is 0 Å². The molecule has 9 heteroatoms. The van der Waals surface area contributed by atoms with Gasteiger partial charge in [0.25, 0.3) is 0 Å². The summed E-state index contributed by atoms with van der Waals surface area (Å²) in [5, 5.41) is 12.1. The van der Waals surface area contributed by atoms with Crippen LogP contribution in [0.25, 0.3) is 10.9 Å². The van der Waals surface area contributed by atoms with Gasteiger partial charge in [-0.05, 0) is 61.4 Å². The number of hydrogen-bond acceptors (Lipinski definition) is 7. The number of anilines is 3. The van der Waals surface area contributed by atoms with Crippen molar-refractivity contribution in [3.63, 3.8) is 0 Å². The number of rotatable bonds is 6. The predicted octanol–water partition coefficient (Wildman–Crippen LogP) is 4.00. The van der Waals surface area contributed by atoms with E-state index in [1.54, 1.807) is 18.0 Å². The molecule has 3 aromatic rings. The Bertz CT molecular complexity index is 1030. The highest BCUT2D eigenvalue weighted by molar-refractivity contribution is 14.1. The fourth-order valence-corrected chi connectivity index (χ4v) is 4.49. The number of methoxy groups -OCH3 is 1. The Morgan fingerprint density at radius 1 is 1.20 bits per heavy atom. The van der Waals surface area contributed by atoms with E-state index in [4.69, 9.17) is 14.7 Å². The molecule has 1 fully saturated rings. The van der Waals surface area contributed by atoms with Gasteiger partial charge in [0.05, 0.1) is 28.1 Å². The quantitative estimate of drug-likeness (QED) is 0.475. The molecule has 0 spiro atoms. The fraction of sp³-hybridized carbons (Fsp3) is 0.476. The minimum Gasteiger partial charge on any atom is -0.496 e. The van der Waals surface area contributed by atoms with E-state index in [-0.39, 0.29) is 0 Å². The number of aryl methyl sites for hydroxylation is 1. The van der Waals surface area contributed by atoms with Crippen LogP contribution >= 0.6 is 22.6 Å². The van der Waals surface area contributed by atoms with Gasteiger partial charge in [-0.25, -0.2) is 4.98 Å². The van der Waals surface area contributed by atoms with Gasteiger partial charge >= 0.3 is 0 Å². The zero-order valence-corrected chi connectivity index (χ0v) is 20.0. The third-order valence-corrected chi connectivity index (χ3v) is 6.37. The number of ether oxygens (including phenoxy) is 1. The molecule has 0 aliphatic carbocycles. The van der Waals surface area contributed by atoms with Crippen molar-refractivity contribution >= 4 is 50.9 Å². The number of hydrogen-bond donors (Lipinski definition) is 2. The predicted molar refractivity (Wildman–Crippen MR) is 129 cm³/mol.